The fourth-order valence-corrected chi connectivity index (χ4v) is 3.93. The number of anilines is 1. The van der Waals surface area contributed by atoms with Gasteiger partial charge in [0.05, 0.1) is 18.7 Å². The summed E-state index contributed by atoms with van der Waals surface area (Å²) in [5.74, 6) is -2.24. The molecule has 0 saturated heterocycles. The first-order valence-corrected chi connectivity index (χ1v) is 10.0. The number of ether oxygens (including phenoxy) is 1. The molecule has 1 aromatic heterocycles. The van der Waals surface area contributed by atoms with Crippen LogP contribution in [0.1, 0.15) is 60.1 Å². The minimum absolute atomic E-state index is 0.0426. The monoisotopic (exact) mass is 408 g/mol. The van der Waals surface area contributed by atoms with Gasteiger partial charge in [-0.2, -0.15) is 0 Å². The molecule has 1 aliphatic carbocycles. The number of hydrogen-bond donors (Lipinski definition) is 2. The zero-order valence-electron chi connectivity index (χ0n) is 15.7. The Hall–Kier alpha value is -2.32. The van der Waals surface area contributed by atoms with Crippen LogP contribution in [0.25, 0.3) is 0 Å². The zero-order chi connectivity index (χ0) is 20.3. The minimum Gasteiger partial charge on any atom is -0.462 e. The average Bonchev–Trinajstić information content (AvgIpc) is 3.42. The quantitative estimate of drug-likeness (QED) is 0.637. The Bertz CT molecular complexity index is 880. The van der Waals surface area contributed by atoms with Crippen LogP contribution in [-0.4, -0.2) is 25.0 Å². The number of rotatable bonds is 8. The number of amides is 1. The summed E-state index contributed by atoms with van der Waals surface area (Å²) < 4.78 is 31.5. The molecule has 0 aliphatic heterocycles. The second-order valence-electron chi connectivity index (χ2n) is 6.71. The summed E-state index contributed by atoms with van der Waals surface area (Å²) in [6.07, 6.45) is 2.06. The molecule has 0 bridgehead atoms. The van der Waals surface area contributed by atoms with E-state index in [2.05, 4.69) is 10.6 Å². The highest BCUT2D eigenvalue weighted by atomic mass is 32.1. The van der Waals surface area contributed by atoms with E-state index in [0.29, 0.717) is 22.0 Å². The Morgan fingerprint density at radius 1 is 1.29 bits per heavy atom. The van der Waals surface area contributed by atoms with E-state index < -0.39 is 17.6 Å². The Kier molecular flexibility index (Phi) is 6.41. The lowest BCUT2D eigenvalue weighted by Crippen LogP contribution is -2.30. The van der Waals surface area contributed by atoms with E-state index in [-0.39, 0.29) is 25.1 Å². The molecule has 150 valence electrons. The average molecular weight is 408 g/mol. The lowest BCUT2D eigenvalue weighted by atomic mass is 10.1. The van der Waals surface area contributed by atoms with Gasteiger partial charge < -0.3 is 15.4 Å². The van der Waals surface area contributed by atoms with Gasteiger partial charge >= 0.3 is 5.97 Å². The molecule has 0 radical (unpaired) electrons. The van der Waals surface area contributed by atoms with E-state index in [0.717, 1.165) is 30.5 Å². The van der Waals surface area contributed by atoms with Crippen molar-refractivity contribution in [1.82, 2.24) is 5.32 Å². The molecule has 8 heteroatoms. The first-order valence-electron chi connectivity index (χ1n) is 9.17. The first-order chi connectivity index (χ1) is 13.4. The molecule has 1 saturated carbocycles. The van der Waals surface area contributed by atoms with Crippen molar-refractivity contribution in [2.45, 2.75) is 38.6 Å². The van der Waals surface area contributed by atoms with Crippen molar-refractivity contribution in [3.05, 3.63) is 51.9 Å². The highest BCUT2D eigenvalue weighted by Crippen LogP contribution is 2.46. The molecule has 1 aliphatic rings. The zero-order valence-corrected chi connectivity index (χ0v) is 16.5. The molecule has 1 atom stereocenters. The number of halogens is 2. The van der Waals surface area contributed by atoms with Crippen LogP contribution in [0.4, 0.5) is 13.8 Å². The molecule has 28 heavy (non-hydrogen) atoms. The van der Waals surface area contributed by atoms with Crippen LogP contribution in [0.2, 0.25) is 0 Å². The van der Waals surface area contributed by atoms with Gasteiger partial charge in [0.25, 0.3) is 0 Å². The Morgan fingerprint density at radius 3 is 2.68 bits per heavy atom. The number of thiophene rings is 1. The molecular formula is C20H22F2N2O3S. The molecule has 3 rings (SSSR count). The molecule has 2 aromatic rings. The number of hydrogen-bond acceptors (Lipinski definition) is 5. The molecule has 1 heterocycles. The summed E-state index contributed by atoms with van der Waals surface area (Å²) in [5.41, 5.74) is 1.91. The summed E-state index contributed by atoms with van der Waals surface area (Å²) >= 11 is 1.31. The summed E-state index contributed by atoms with van der Waals surface area (Å²) in [7, 11) is 0. The van der Waals surface area contributed by atoms with Crippen LogP contribution in [0.3, 0.4) is 0 Å². The van der Waals surface area contributed by atoms with E-state index in [9.17, 15) is 18.4 Å². The second kappa shape index (κ2) is 8.79. The van der Waals surface area contributed by atoms with Gasteiger partial charge in [-0.1, -0.05) is 6.07 Å². The lowest BCUT2D eigenvalue weighted by Gasteiger charge is -2.14. The van der Waals surface area contributed by atoms with Gasteiger partial charge in [-0.25, -0.2) is 13.6 Å². The SMILES string of the molecule is CCOC(=O)c1c(C2CC2)csc1NC(=O)CN[C@H](C)c1ccc(F)c(F)c1. The van der Waals surface area contributed by atoms with Crippen molar-refractivity contribution in [1.29, 1.82) is 0 Å². The fraction of sp³-hybridized carbons (Fsp3) is 0.400. The standard InChI is InChI=1S/C20H22F2N2O3S/c1-3-27-20(26)18-14(12-4-5-12)10-28-19(18)24-17(25)9-23-11(2)13-6-7-15(21)16(22)8-13/h6-8,10-12,23H,3-5,9H2,1-2H3,(H,24,25)/t11-/m1/s1. The van der Waals surface area contributed by atoms with Gasteiger partial charge in [-0.15, -0.1) is 11.3 Å². The molecule has 0 spiro atoms. The number of carbonyl (C=O) groups excluding carboxylic acids is 2. The third-order valence-corrected chi connectivity index (χ3v) is 5.50. The molecule has 2 N–H and O–H groups in total. The third kappa shape index (κ3) is 4.74. The molecule has 1 aromatic carbocycles. The Balaban J connectivity index is 1.63. The lowest BCUT2D eigenvalue weighted by molar-refractivity contribution is -0.115. The van der Waals surface area contributed by atoms with E-state index in [4.69, 9.17) is 4.74 Å². The Morgan fingerprint density at radius 2 is 2.04 bits per heavy atom. The normalized spacial score (nSPS) is 14.6. The fourth-order valence-electron chi connectivity index (χ4n) is 2.89. The highest BCUT2D eigenvalue weighted by molar-refractivity contribution is 7.15. The van der Waals surface area contributed by atoms with Crippen LogP contribution >= 0.6 is 11.3 Å². The number of esters is 1. The van der Waals surface area contributed by atoms with Crippen LogP contribution < -0.4 is 10.6 Å². The highest BCUT2D eigenvalue weighted by Gasteiger charge is 2.32. The van der Waals surface area contributed by atoms with Crippen molar-refractivity contribution >= 4 is 28.2 Å². The summed E-state index contributed by atoms with van der Waals surface area (Å²) in [4.78, 5) is 24.7. The molecule has 1 fully saturated rings. The number of carbonyl (C=O) groups is 2. The van der Waals surface area contributed by atoms with Crippen LogP contribution in [0, 0.1) is 11.6 Å². The van der Waals surface area contributed by atoms with Gasteiger partial charge in [0.15, 0.2) is 11.6 Å². The van der Waals surface area contributed by atoms with E-state index >= 15 is 0 Å². The van der Waals surface area contributed by atoms with Gasteiger partial charge in [0.2, 0.25) is 5.91 Å². The smallest absolute Gasteiger partial charge is 0.341 e. The molecule has 1 amide bonds. The third-order valence-electron chi connectivity index (χ3n) is 4.58. The topological polar surface area (TPSA) is 67.4 Å². The molecule has 0 unspecified atom stereocenters. The van der Waals surface area contributed by atoms with Gasteiger partial charge in [-0.3, -0.25) is 4.79 Å². The van der Waals surface area contributed by atoms with Crippen molar-refractivity contribution in [3.63, 3.8) is 0 Å². The van der Waals surface area contributed by atoms with E-state index in [1.165, 1.54) is 17.4 Å². The second-order valence-corrected chi connectivity index (χ2v) is 7.59. The van der Waals surface area contributed by atoms with Crippen LogP contribution in [-0.2, 0) is 9.53 Å². The predicted molar refractivity (Wildman–Crippen MR) is 104 cm³/mol. The van der Waals surface area contributed by atoms with Crippen molar-refractivity contribution in [3.8, 4) is 0 Å². The van der Waals surface area contributed by atoms with Gasteiger partial charge in [0, 0.05) is 6.04 Å². The van der Waals surface area contributed by atoms with Crippen molar-refractivity contribution in [2.75, 3.05) is 18.5 Å². The molecular weight excluding hydrogens is 386 g/mol. The Labute approximate surface area is 166 Å². The minimum atomic E-state index is -0.930. The maximum Gasteiger partial charge on any atom is 0.341 e. The molecule has 5 nitrogen and oxygen atoms in total. The predicted octanol–water partition coefficient (Wildman–Crippen LogP) is 4.37. The van der Waals surface area contributed by atoms with E-state index in [1.807, 2.05) is 5.38 Å². The van der Waals surface area contributed by atoms with Crippen LogP contribution in [0.5, 0.6) is 0 Å². The van der Waals surface area contributed by atoms with Crippen molar-refractivity contribution in [2.24, 2.45) is 0 Å². The van der Waals surface area contributed by atoms with Crippen molar-refractivity contribution < 1.29 is 23.1 Å². The summed E-state index contributed by atoms with van der Waals surface area (Å²) in [5, 5.41) is 8.11. The summed E-state index contributed by atoms with van der Waals surface area (Å²) in [6.45, 7) is 3.71. The largest absolute Gasteiger partial charge is 0.462 e. The summed E-state index contributed by atoms with van der Waals surface area (Å²) in [6, 6.07) is 3.27. The van der Waals surface area contributed by atoms with Gasteiger partial charge in [-0.05, 0) is 61.2 Å². The number of nitrogens with one attached hydrogen (secondary N) is 2. The maximum absolute atomic E-state index is 13.4. The van der Waals surface area contributed by atoms with Crippen LogP contribution in [0.15, 0.2) is 23.6 Å². The van der Waals surface area contributed by atoms with E-state index in [1.54, 1.807) is 13.8 Å². The first kappa shape index (κ1) is 20.4. The number of benzene rings is 1. The maximum atomic E-state index is 13.4. The van der Waals surface area contributed by atoms with Gasteiger partial charge in [0.1, 0.15) is 5.00 Å².